The van der Waals surface area contributed by atoms with Gasteiger partial charge in [-0.25, -0.2) is 0 Å². The zero-order valence-corrected chi connectivity index (χ0v) is 10.00. The van der Waals surface area contributed by atoms with E-state index in [9.17, 15) is 4.79 Å². The van der Waals surface area contributed by atoms with Gasteiger partial charge in [-0.1, -0.05) is 18.2 Å². The Balaban J connectivity index is 0.00000225. The molecule has 1 unspecified atom stereocenters. The van der Waals surface area contributed by atoms with Crippen LogP contribution in [0.1, 0.15) is 6.92 Å². The summed E-state index contributed by atoms with van der Waals surface area (Å²) < 4.78 is 5.42. The Morgan fingerprint density at radius 2 is 2.06 bits per heavy atom. The first-order valence-corrected chi connectivity index (χ1v) is 4.93. The number of nitrogens with two attached hydrogens (primary N) is 1. The average molecular weight is 245 g/mol. The molecule has 16 heavy (non-hydrogen) atoms. The minimum absolute atomic E-state index is 0. The topological polar surface area (TPSA) is 64.3 Å². The van der Waals surface area contributed by atoms with Gasteiger partial charge in [0.25, 0.3) is 5.91 Å². The molecule has 0 bridgehead atoms. The van der Waals surface area contributed by atoms with Crippen LogP contribution >= 0.6 is 12.4 Å². The number of rotatable bonds is 5. The molecule has 1 aromatic rings. The SMILES string of the molecule is CC(Oc1ccccc1)C(=O)NCCN.Cl. The summed E-state index contributed by atoms with van der Waals surface area (Å²) in [6.45, 7) is 2.62. The van der Waals surface area contributed by atoms with Gasteiger partial charge in [0, 0.05) is 13.1 Å². The van der Waals surface area contributed by atoms with Crippen molar-refractivity contribution >= 4 is 18.3 Å². The number of para-hydroxylation sites is 1. The second-order valence-electron chi connectivity index (χ2n) is 3.15. The fourth-order valence-corrected chi connectivity index (χ4v) is 1.10. The zero-order valence-electron chi connectivity index (χ0n) is 9.18. The Morgan fingerprint density at radius 1 is 1.44 bits per heavy atom. The number of hydrogen-bond acceptors (Lipinski definition) is 3. The van der Waals surface area contributed by atoms with Gasteiger partial charge in [0.05, 0.1) is 0 Å². The van der Waals surface area contributed by atoms with Crippen LogP contribution in [-0.2, 0) is 4.79 Å². The number of amides is 1. The van der Waals surface area contributed by atoms with E-state index < -0.39 is 6.10 Å². The summed E-state index contributed by atoms with van der Waals surface area (Å²) in [4.78, 5) is 11.4. The van der Waals surface area contributed by atoms with Crippen LogP contribution in [0.3, 0.4) is 0 Å². The molecule has 5 heteroatoms. The Hall–Kier alpha value is -1.26. The summed E-state index contributed by atoms with van der Waals surface area (Å²) in [6.07, 6.45) is -0.501. The van der Waals surface area contributed by atoms with Gasteiger partial charge in [0.15, 0.2) is 6.10 Å². The highest BCUT2D eigenvalue weighted by Crippen LogP contribution is 2.10. The molecule has 3 N–H and O–H groups in total. The largest absolute Gasteiger partial charge is 0.481 e. The van der Waals surface area contributed by atoms with Crippen molar-refractivity contribution in [2.75, 3.05) is 13.1 Å². The van der Waals surface area contributed by atoms with E-state index in [1.807, 2.05) is 30.3 Å². The number of ether oxygens (including phenoxy) is 1. The number of carbonyl (C=O) groups excluding carboxylic acids is 1. The molecule has 0 aliphatic rings. The first-order chi connectivity index (χ1) is 7.24. The highest BCUT2D eigenvalue weighted by Gasteiger charge is 2.12. The van der Waals surface area contributed by atoms with E-state index in [2.05, 4.69) is 5.32 Å². The number of nitrogens with one attached hydrogen (secondary N) is 1. The van der Waals surface area contributed by atoms with Crippen LogP contribution in [0, 0.1) is 0 Å². The van der Waals surface area contributed by atoms with Crippen molar-refractivity contribution in [3.8, 4) is 5.75 Å². The molecule has 0 saturated heterocycles. The Bertz CT molecular complexity index is 306. The maximum absolute atomic E-state index is 11.4. The van der Waals surface area contributed by atoms with Crippen molar-refractivity contribution in [1.82, 2.24) is 5.32 Å². The van der Waals surface area contributed by atoms with Crippen molar-refractivity contribution in [3.63, 3.8) is 0 Å². The standard InChI is InChI=1S/C11H16N2O2.ClH/c1-9(11(14)13-8-7-12)15-10-5-3-2-4-6-10;/h2-6,9H,7-8,12H2,1H3,(H,13,14);1H. The molecule has 1 atom stereocenters. The quantitative estimate of drug-likeness (QED) is 0.811. The van der Waals surface area contributed by atoms with Crippen LogP contribution in [-0.4, -0.2) is 25.1 Å². The van der Waals surface area contributed by atoms with Crippen molar-refractivity contribution in [3.05, 3.63) is 30.3 Å². The highest BCUT2D eigenvalue weighted by atomic mass is 35.5. The van der Waals surface area contributed by atoms with Gasteiger partial charge < -0.3 is 15.8 Å². The van der Waals surface area contributed by atoms with E-state index in [0.29, 0.717) is 18.8 Å². The molecule has 0 heterocycles. The first kappa shape index (κ1) is 14.7. The average Bonchev–Trinajstić information content (AvgIpc) is 2.27. The third kappa shape index (κ3) is 5.00. The molecule has 1 rings (SSSR count). The summed E-state index contributed by atoms with van der Waals surface area (Å²) in [7, 11) is 0. The van der Waals surface area contributed by atoms with E-state index >= 15 is 0 Å². The summed E-state index contributed by atoms with van der Waals surface area (Å²) in [5, 5.41) is 2.66. The fourth-order valence-electron chi connectivity index (χ4n) is 1.10. The van der Waals surface area contributed by atoms with Crippen LogP contribution in [0.25, 0.3) is 0 Å². The maximum Gasteiger partial charge on any atom is 0.260 e. The van der Waals surface area contributed by atoms with Crippen LogP contribution in [0.2, 0.25) is 0 Å². The first-order valence-electron chi connectivity index (χ1n) is 4.93. The predicted octanol–water partition coefficient (Wildman–Crippen LogP) is 0.951. The summed E-state index contributed by atoms with van der Waals surface area (Å²) in [6, 6.07) is 9.24. The van der Waals surface area contributed by atoms with Gasteiger partial charge >= 0.3 is 0 Å². The van der Waals surface area contributed by atoms with Crippen molar-refractivity contribution < 1.29 is 9.53 Å². The van der Waals surface area contributed by atoms with Gasteiger partial charge in [-0.2, -0.15) is 0 Å². The normalized spacial score (nSPS) is 11.1. The summed E-state index contributed by atoms with van der Waals surface area (Å²) >= 11 is 0. The summed E-state index contributed by atoms with van der Waals surface area (Å²) in [5.74, 6) is 0.539. The van der Waals surface area contributed by atoms with Gasteiger partial charge in [-0.05, 0) is 19.1 Å². The highest BCUT2D eigenvalue weighted by molar-refractivity contribution is 5.85. The van der Waals surface area contributed by atoms with E-state index in [1.54, 1.807) is 6.92 Å². The van der Waals surface area contributed by atoms with E-state index in [-0.39, 0.29) is 18.3 Å². The second kappa shape index (κ2) is 7.96. The third-order valence-corrected chi connectivity index (χ3v) is 1.87. The molecule has 0 radical (unpaired) electrons. The molecule has 1 amide bonds. The molecular formula is C11H17ClN2O2. The zero-order chi connectivity index (χ0) is 11.1. The Kier molecular flexibility index (Phi) is 7.33. The number of halogens is 1. The molecular weight excluding hydrogens is 228 g/mol. The molecule has 0 aromatic heterocycles. The van der Waals surface area contributed by atoms with Crippen molar-refractivity contribution in [1.29, 1.82) is 0 Å². The monoisotopic (exact) mass is 244 g/mol. The van der Waals surface area contributed by atoms with Gasteiger partial charge in [-0.15, -0.1) is 12.4 Å². The van der Waals surface area contributed by atoms with Crippen molar-refractivity contribution in [2.24, 2.45) is 5.73 Å². The molecule has 0 saturated carbocycles. The fraction of sp³-hybridized carbons (Fsp3) is 0.364. The lowest BCUT2D eigenvalue weighted by Crippen LogP contribution is -2.38. The lowest BCUT2D eigenvalue weighted by Gasteiger charge is -2.14. The minimum atomic E-state index is -0.501. The van der Waals surface area contributed by atoms with Crippen LogP contribution in [0.15, 0.2) is 30.3 Å². The van der Waals surface area contributed by atoms with Crippen molar-refractivity contribution in [2.45, 2.75) is 13.0 Å². The maximum atomic E-state index is 11.4. The van der Waals surface area contributed by atoms with Crippen LogP contribution in [0.5, 0.6) is 5.75 Å². The number of carbonyl (C=O) groups is 1. The van der Waals surface area contributed by atoms with E-state index in [0.717, 1.165) is 0 Å². The Labute approximate surface area is 102 Å². The molecule has 4 nitrogen and oxygen atoms in total. The number of benzene rings is 1. The molecule has 0 aliphatic heterocycles. The molecule has 0 aliphatic carbocycles. The second-order valence-corrected chi connectivity index (χ2v) is 3.15. The lowest BCUT2D eigenvalue weighted by atomic mass is 10.3. The molecule has 1 aromatic carbocycles. The van der Waals surface area contributed by atoms with E-state index in [4.69, 9.17) is 10.5 Å². The van der Waals surface area contributed by atoms with Gasteiger partial charge in [-0.3, -0.25) is 4.79 Å². The van der Waals surface area contributed by atoms with E-state index in [1.165, 1.54) is 0 Å². The smallest absolute Gasteiger partial charge is 0.260 e. The lowest BCUT2D eigenvalue weighted by molar-refractivity contribution is -0.127. The van der Waals surface area contributed by atoms with Crippen LogP contribution < -0.4 is 15.8 Å². The summed E-state index contributed by atoms with van der Waals surface area (Å²) in [5.41, 5.74) is 5.27. The molecule has 90 valence electrons. The minimum Gasteiger partial charge on any atom is -0.481 e. The van der Waals surface area contributed by atoms with Gasteiger partial charge in [0.1, 0.15) is 5.75 Å². The third-order valence-electron chi connectivity index (χ3n) is 1.87. The van der Waals surface area contributed by atoms with Crippen LogP contribution in [0.4, 0.5) is 0 Å². The Morgan fingerprint density at radius 3 is 2.62 bits per heavy atom. The van der Waals surface area contributed by atoms with Gasteiger partial charge in [0.2, 0.25) is 0 Å². The number of hydrogen-bond donors (Lipinski definition) is 2. The predicted molar refractivity (Wildman–Crippen MR) is 65.8 cm³/mol. The molecule has 0 spiro atoms. The molecule has 0 fully saturated rings.